The Hall–Kier alpha value is -0.550. The van der Waals surface area contributed by atoms with Crippen molar-refractivity contribution in [2.24, 2.45) is 10.4 Å². The Morgan fingerprint density at radius 1 is 1.25 bits per heavy atom. The van der Waals surface area contributed by atoms with Gasteiger partial charge >= 0.3 is 0 Å². The van der Waals surface area contributed by atoms with Crippen molar-refractivity contribution in [2.75, 3.05) is 12.3 Å². The molecule has 0 radical (unpaired) electrons. The van der Waals surface area contributed by atoms with E-state index >= 15 is 0 Å². The lowest BCUT2D eigenvalue weighted by Crippen LogP contribution is -2.34. The van der Waals surface area contributed by atoms with Gasteiger partial charge in [-0.2, -0.15) is 0 Å². The Bertz CT molecular complexity index is 515. The molecule has 1 aliphatic heterocycles. The van der Waals surface area contributed by atoms with E-state index in [0.29, 0.717) is 11.5 Å². The maximum Gasteiger partial charge on any atom is 0.157 e. The number of thioether (sulfide) groups is 1. The molecule has 1 atom stereocenters. The first-order valence-electron chi connectivity index (χ1n) is 7.46. The maximum absolute atomic E-state index is 4.82. The summed E-state index contributed by atoms with van der Waals surface area (Å²) in [5.41, 5.74) is 1.68. The van der Waals surface area contributed by atoms with E-state index in [1.165, 1.54) is 36.3 Å². The van der Waals surface area contributed by atoms with Gasteiger partial charge in [0.25, 0.3) is 0 Å². The molecule has 3 nitrogen and oxygen atoms in total. The number of hydrogen-bond acceptors (Lipinski definition) is 5. The van der Waals surface area contributed by atoms with E-state index in [2.05, 4.69) is 31.1 Å². The van der Waals surface area contributed by atoms with Gasteiger partial charge < -0.3 is 5.32 Å². The normalized spacial score (nSPS) is 22.9. The van der Waals surface area contributed by atoms with Crippen LogP contribution in [-0.2, 0) is 0 Å². The topological polar surface area (TPSA) is 37.3 Å². The Morgan fingerprint density at radius 3 is 2.55 bits per heavy atom. The fraction of sp³-hybridized carbons (Fsp3) is 0.733. The van der Waals surface area contributed by atoms with Crippen molar-refractivity contribution in [3.8, 4) is 0 Å². The van der Waals surface area contributed by atoms with E-state index < -0.39 is 0 Å². The summed E-state index contributed by atoms with van der Waals surface area (Å²) < 4.78 is 0. The van der Waals surface area contributed by atoms with Gasteiger partial charge in [0.1, 0.15) is 0 Å². The van der Waals surface area contributed by atoms with Crippen LogP contribution in [0, 0.1) is 19.3 Å². The summed E-state index contributed by atoms with van der Waals surface area (Å²) in [6.45, 7) is 7.41. The summed E-state index contributed by atoms with van der Waals surface area (Å²) in [6, 6.07) is 0.310. The molecule has 1 fully saturated rings. The van der Waals surface area contributed by atoms with Crippen molar-refractivity contribution >= 4 is 28.3 Å². The first kappa shape index (κ1) is 14.4. The predicted molar refractivity (Wildman–Crippen MR) is 88.8 cm³/mol. The molecule has 110 valence electrons. The fourth-order valence-corrected chi connectivity index (χ4v) is 5.44. The molecule has 3 rings (SSSR count). The number of aliphatic imine (C=N–C) groups is 1. The second-order valence-electron chi connectivity index (χ2n) is 6.17. The number of rotatable bonds is 2. The van der Waals surface area contributed by atoms with Crippen molar-refractivity contribution in [1.82, 2.24) is 10.3 Å². The van der Waals surface area contributed by atoms with Crippen LogP contribution in [0.15, 0.2) is 4.99 Å². The van der Waals surface area contributed by atoms with Crippen LogP contribution in [0.3, 0.4) is 0 Å². The van der Waals surface area contributed by atoms with Crippen molar-refractivity contribution in [1.29, 1.82) is 0 Å². The zero-order valence-corrected chi connectivity index (χ0v) is 14.2. The van der Waals surface area contributed by atoms with Crippen molar-refractivity contribution in [3.63, 3.8) is 0 Å². The van der Waals surface area contributed by atoms with Crippen LogP contribution in [0.2, 0.25) is 0 Å². The SMILES string of the molecule is Cc1nc(C)c(C(C)NC2=NCC3(CCCC3)CS2)s1. The van der Waals surface area contributed by atoms with Crippen LogP contribution in [0.5, 0.6) is 0 Å². The largest absolute Gasteiger partial charge is 0.358 e. The highest BCUT2D eigenvalue weighted by Gasteiger charge is 2.36. The summed E-state index contributed by atoms with van der Waals surface area (Å²) in [4.78, 5) is 10.7. The third kappa shape index (κ3) is 2.89. The van der Waals surface area contributed by atoms with Gasteiger partial charge in [0, 0.05) is 17.2 Å². The van der Waals surface area contributed by atoms with Gasteiger partial charge in [-0.3, -0.25) is 4.99 Å². The van der Waals surface area contributed by atoms with Crippen molar-refractivity contribution in [3.05, 3.63) is 15.6 Å². The Balaban J connectivity index is 1.64. The van der Waals surface area contributed by atoms with Crippen LogP contribution in [0.1, 0.15) is 54.2 Å². The van der Waals surface area contributed by atoms with E-state index in [-0.39, 0.29) is 0 Å². The Kier molecular flexibility index (Phi) is 4.09. The minimum Gasteiger partial charge on any atom is -0.358 e. The molecule has 0 amide bonds. The van der Waals surface area contributed by atoms with Gasteiger partial charge in [0.15, 0.2) is 5.17 Å². The Labute approximate surface area is 129 Å². The van der Waals surface area contributed by atoms with Gasteiger partial charge in [0.05, 0.1) is 16.7 Å². The first-order chi connectivity index (χ1) is 9.58. The highest BCUT2D eigenvalue weighted by molar-refractivity contribution is 8.13. The van der Waals surface area contributed by atoms with Crippen molar-refractivity contribution in [2.45, 2.75) is 52.5 Å². The van der Waals surface area contributed by atoms with Crippen LogP contribution in [0.4, 0.5) is 0 Å². The summed E-state index contributed by atoms with van der Waals surface area (Å²) in [6.07, 6.45) is 5.54. The predicted octanol–water partition coefficient (Wildman–Crippen LogP) is 4.07. The molecule has 0 aromatic carbocycles. The molecule has 0 bridgehead atoms. The second-order valence-corrected chi connectivity index (χ2v) is 8.36. The molecule has 5 heteroatoms. The van der Waals surface area contributed by atoms with E-state index in [9.17, 15) is 0 Å². The van der Waals surface area contributed by atoms with E-state index in [1.54, 1.807) is 11.3 Å². The summed E-state index contributed by atoms with van der Waals surface area (Å²) in [5, 5.41) is 5.85. The summed E-state index contributed by atoms with van der Waals surface area (Å²) in [7, 11) is 0. The highest BCUT2D eigenvalue weighted by Crippen LogP contribution is 2.43. The molecule has 1 spiro atoms. The molecular weight excluding hydrogens is 286 g/mol. The number of hydrogen-bond donors (Lipinski definition) is 1. The third-order valence-electron chi connectivity index (χ3n) is 4.41. The van der Waals surface area contributed by atoms with Crippen molar-refractivity contribution < 1.29 is 0 Å². The average Bonchev–Trinajstić information content (AvgIpc) is 3.00. The molecule has 20 heavy (non-hydrogen) atoms. The molecule has 1 aliphatic carbocycles. The summed E-state index contributed by atoms with van der Waals surface area (Å²) >= 11 is 3.71. The van der Waals surface area contributed by atoms with E-state index in [0.717, 1.165) is 22.4 Å². The number of nitrogens with one attached hydrogen (secondary N) is 1. The molecule has 1 N–H and O–H groups in total. The first-order valence-corrected chi connectivity index (χ1v) is 9.26. The Morgan fingerprint density at radius 2 is 2.00 bits per heavy atom. The zero-order valence-electron chi connectivity index (χ0n) is 12.5. The lowest BCUT2D eigenvalue weighted by molar-refractivity contribution is 0.358. The van der Waals surface area contributed by atoms with Gasteiger partial charge in [-0.15, -0.1) is 11.3 Å². The van der Waals surface area contributed by atoms with Gasteiger partial charge in [-0.05, 0) is 39.0 Å². The van der Waals surface area contributed by atoms with E-state index in [4.69, 9.17) is 4.99 Å². The monoisotopic (exact) mass is 309 g/mol. The smallest absolute Gasteiger partial charge is 0.157 e. The molecular formula is C15H23N3S2. The van der Waals surface area contributed by atoms with Crippen LogP contribution in [-0.4, -0.2) is 22.4 Å². The minimum absolute atomic E-state index is 0.310. The molecule has 1 aromatic heterocycles. The third-order valence-corrected chi connectivity index (χ3v) is 6.94. The molecule has 2 aliphatic rings. The van der Waals surface area contributed by atoms with Gasteiger partial charge in [-0.1, -0.05) is 24.6 Å². The fourth-order valence-electron chi connectivity index (χ4n) is 3.27. The number of aryl methyl sites for hydroxylation is 2. The number of nitrogens with zero attached hydrogens (tertiary/aromatic N) is 2. The number of amidine groups is 1. The molecule has 0 saturated heterocycles. The second kappa shape index (κ2) is 5.68. The highest BCUT2D eigenvalue weighted by atomic mass is 32.2. The van der Waals surface area contributed by atoms with Gasteiger partial charge in [0.2, 0.25) is 0 Å². The average molecular weight is 310 g/mol. The molecule has 1 saturated carbocycles. The number of thiazole rings is 1. The summed E-state index contributed by atoms with van der Waals surface area (Å²) in [5.74, 6) is 1.24. The van der Waals surface area contributed by atoms with E-state index in [1.807, 2.05) is 11.8 Å². The minimum atomic E-state index is 0.310. The molecule has 2 heterocycles. The molecule has 1 unspecified atom stereocenters. The number of aromatic nitrogens is 1. The standard InChI is InChI=1S/C15H23N3S2/c1-10-13(20-12(3)17-10)11(2)18-14-16-8-15(9-19-14)6-4-5-7-15/h11H,4-9H2,1-3H3,(H,16,18). The maximum atomic E-state index is 4.82. The molecule has 1 aromatic rings. The van der Waals surface area contributed by atoms with Crippen LogP contribution >= 0.6 is 23.1 Å². The lowest BCUT2D eigenvalue weighted by atomic mass is 9.89. The van der Waals surface area contributed by atoms with Gasteiger partial charge in [-0.25, -0.2) is 4.98 Å². The lowest BCUT2D eigenvalue weighted by Gasteiger charge is -2.31. The zero-order chi connectivity index (χ0) is 14.2. The van der Waals surface area contributed by atoms with Crippen LogP contribution < -0.4 is 5.32 Å². The van der Waals surface area contributed by atoms with Crippen LogP contribution in [0.25, 0.3) is 0 Å². The quantitative estimate of drug-likeness (QED) is 0.894.